The van der Waals surface area contributed by atoms with Gasteiger partial charge in [0.1, 0.15) is 0 Å². The molecule has 4 nitrogen and oxygen atoms in total. The zero-order chi connectivity index (χ0) is 12.9. The molecular weight excluding hydrogens is 238 g/mol. The summed E-state index contributed by atoms with van der Waals surface area (Å²) in [7, 11) is 0. The van der Waals surface area contributed by atoms with E-state index < -0.39 is 0 Å². The van der Waals surface area contributed by atoms with Gasteiger partial charge in [-0.25, -0.2) is 0 Å². The maximum absolute atomic E-state index is 5.37. The standard InChI is InChI=1S/C15H23N3O/c1-3-14(17-15-5-6-16-11-15)4-2-13(1)12-18-7-9-19-10-8-18/h1-4,15-17H,5-12H2. The van der Waals surface area contributed by atoms with E-state index in [1.807, 2.05) is 0 Å². The molecule has 104 valence electrons. The lowest BCUT2D eigenvalue weighted by Crippen LogP contribution is -2.35. The van der Waals surface area contributed by atoms with Crippen LogP contribution >= 0.6 is 0 Å². The number of morpholine rings is 1. The minimum Gasteiger partial charge on any atom is -0.381 e. The van der Waals surface area contributed by atoms with Gasteiger partial charge in [0.15, 0.2) is 0 Å². The summed E-state index contributed by atoms with van der Waals surface area (Å²) >= 11 is 0. The summed E-state index contributed by atoms with van der Waals surface area (Å²) in [4.78, 5) is 2.45. The fourth-order valence-electron chi connectivity index (χ4n) is 2.74. The molecule has 1 atom stereocenters. The molecule has 2 saturated heterocycles. The zero-order valence-electron chi connectivity index (χ0n) is 11.4. The molecule has 1 aromatic carbocycles. The Morgan fingerprint density at radius 3 is 2.68 bits per heavy atom. The molecule has 2 N–H and O–H groups in total. The van der Waals surface area contributed by atoms with Crippen LogP contribution in [-0.4, -0.2) is 50.3 Å². The van der Waals surface area contributed by atoms with Crippen molar-refractivity contribution in [2.75, 3.05) is 44.7 Å². The third kappa shape index (κ3) is 3.69. The van der Waals surface area contributed by atoms with Crippen LogP contribution in [-0.2, 0) is 11.3 Å². The maximum atomic E-state index is 5.37. The summed E-state index contributed by atoms with van der Waals surface area (Å²) in [5, 5.41) is 6.95. The smallest absolute Gasteiger partial charge is 0.0594 e. The van der Waals surface area contributed by atoms with Gasteiger partial charge in [-0.1, -0.05) is 12.1 Å². The first-order valence-corrected chi connectivity index (χ1v) is 7.26. The van der Waals surface area contributed by atoms with Gasteiger partial charge in [0, 0.05) is 37.9 Å². The molecule has 0 aromatic heterocycles. The lowest BCUT2D eigenvalue weighted by atomic mass is 10.1. The first-order chi connectivity index (χ1) is 9.40. The normalized spacial score (nSPS) is 24.5. The van der Waals surface area contributed by atoms with Crippen LogP contribution in [0.2, 0.25) is 0 Å². The lowest BCUT2D eigenvalue weighted by molar-refractivity contribution is 0.0342. The predicted octanol–water partition coefficient (Wildman–Crippen LogP) is 1.29. The molecule has 2 heterocycles. The molecule has 0 spiro atoms. The van der Waals surface area contributed by atoms with E-state index in [4.69, 9.17) is 4.74 Å². The Morgan fingerprint density at radius 2 is 2.00 bits per heavy atom. The number of rotatable bonds is 4. The Labute approximate surface area is 115 Å². The average Bonchev–Trinajstić information content (AvgIpc) is 2.95. The highest BCUT2D eigenvalue weighted by Crippen LogP contribution is 2.14. The van der Waals surface area contributed by atoms with Gasteiger partial charge in [0.25, 0.3) is 0 Å². The Balaban J connectivity index is 1.52. The van der Waals surface area contributed by atoms with Gasteiger partial charge in [0.2, 0.25) is 0 Å². The van der Waals surface area contributed by atoms with Crippen molar-refractivity contribution in [3.8, 4) is 0 Å². The van der Waals surface area contributed by atoms with Crippen molar-refractivity contribution in [2.45, 2.75) is 19.0 Å². The highest BCUT2D eigenvalue weighted by Gasteiger charge is 2.14. The van der Waals surface area contributed by atoms with E-state index in [1.165, 1.54) is 17.7 Å². The maximum Gasteiger partial charge on any atom is 0.0594 e. The van der Waals surface area contributed by atoms with E-state index in [0.29, 0.717) is 6.04 Å². The third-order valence-electron chi connectivity index (χ3n) is 3.89. The van der Waals surface area contributed by atoms with E-state index >= 15 is 0 Å². The molecule has 2 fully saturated rings. The second-order valence-electron chi connectivity index (χ2n) is 5.42. The Morgan fingerprint density at radius 1 is 1.21 bits per heavy atom. The number of hydrogen-bond donors (Lipinski definition) is 2. The summed E-state index contributed by atoms with van der Waals surface area (Å²) in [6.45, 7) is 7.08. The second kappa shape index (κ2) is 6.37. The fourth-order valence-corrected chi connectivity index (χ4v) is 2.74. The molecule has 0 bridgehead atoms. The summed E-state index contributed by atoms with van der Waals surface area (Å²) < 4.78 is 5.37. The van der Waals surface area contributed by atoms with Crippen molar-refractivity contribution < 1.29 is 4.74 Å². The third-order valence-corrected chi connectivity index (χ3v) is 3.89. The summed E-state index contributed by atoms with van der Waals surface area (Å²) in [5.74, 6) is 0. The zero-order valence-corrected chi connectivity index (χ0v) is 11.4. The van der Waals surface area contributed by atoms with Gasteiger partial charge < -0.3 is 15.4 Å². The van der Waals surface area contributed by atoms with Crippen LogP contribution in [0.1, 0.15) is 12.0 Å². The van der Waals surface area contributed by atoms with Gasteiger partial charge in [-0.2, -0.15) is 0 Å². The molecule has 0 saturated carbocycles. The lowest BCUT2D eigenvalue weighted by Gasteiger charge is -2.26. The van der Waals surface area contributed by atoms with Gasteiger partial charge in [-0.05, 0) is 30.7 Å². The highest BCUT2D eigenvalue weighted by atomic mass is 16.5. The summed E-state index contributed by atoms with van der Waals surface area (Å²) in [6, 6.07) is 9.47. The van der Waals surface area contributed by atoms with Crippen LogP contribution in [0.5, 0.6) is 0 Å². The second-order valence-corrected chi connectivity index (χ2v) is 5.42. The largest absolute Gasteiger partial charge is 0.381 e. The van der Waals surface area contributed by atoms with Gasteiger partial charge in [0.05, 0.1) is 13.2 Å². The van der Waals surface area contributed by atoms with E-state index in [0.717, 1.165) is 45.9 Å². The molecule has 0 radical (unpaired) electrons. The van der Waals surface area contributed by atoms with Crippen molar-refractivity contribution in [3.63, 3.8) is 0 Å². The highest BCUT2D eigenvalue weighted by molar-refractivity contribution is 5.45. The number of hydrogen-bond acceptors (Lipinski definition) is 4. The number of anilines is 1. The number of nitrogens with one attached hydrogen (secondary N) is 2. The minimum absolute atomic E-state index is 0.588. The Kier molecular flexibility index (Phi) is 4.33. The van der Waals surface area contributed by atoms with Crippen LogP contribution in [0.3, 0.4) is 0 Å². The van der Waals surface area contributed by atoms with Crippen LogP contribution in [0.25, 0.3) is 0 Å². The van der Waals surface area contributed by atoms with Crippen LogP contribution in [0, 0.1) is 0 Å². The van der Waals surface area contributed by atoms with Crippen LogP contribution < -0.4 is 10.6 Å². The topological polar surface area (TPSA) is 36.5 Å². The van der Waals surface area contributed by atoms with Gasteiger partial charge >= 0.3 is 0 Å². The van der Waals surface area contributed by atoms with Gasteiger partial charge in [-0.3, -0.25) is 4.90 Å². The molecule has 0 amide bonds. The minimum atomic E-state index is 0.588. The molecule has 1 unspecified atom stereocenters. The van der Waals surface area contributed by atoms with Crippen LogP contribution in [0.4, 0.5) is 5.69 Å². The first kappa shape index (κ1) is 12.9. The average molecular weight is 261 g/mol. The quantitative estimate of drug-likeness (QED) is 0.856. The SMILES string of the molecule is c1cc(NC2CCNC2)ccc1CN1CCOCC1. The van der Waals surface area contributed by atoms with Crippen molar-refractivity contribution in [1.82, 2.24) is 10.2 Å². The molecule has 2 aliphatic heterocycles. The molecule has 4 heteroatoms. The molecular formula is C15H23N3O. The molecule has 3 rings (SSSR count). The monoisotopic (exact) mass is 261 g/mol. The van der Waals surface area contributed by atoms with Crippen molar-refractivity contribution in [3.05, 3.63) is 29.8 Å². The Bertz CT molecular complexity index is 381. The fraction of sp³-hybridized carbons (Fsp3) is 0.600. The van der Waals surface area contributed by atoms with Crippen molar-refractivity contribution >= 4 is 5.69 Å². The van der Waals surface area contributed by atoms with Gasteiger partial charge in [-0.15, -0.1) is 0 Å². The summed E-state index contributed by atoms with van der Waals surface area (Å²) in [6.07, 6.45) is 1.22. The number of benzene rings is 1. The van der Waals surface area contributed by atoms with E-state index in [2.05, 4.69) is 39.8 Å². The van der Waals surface area contributed by atoms with Crippen molar-refractivity contribution in [1.29, 1.82) is 0 Å². The molecule has 0 aliphatic carbocycles. The molecule has 19 heavy (non-hydrogen) atoms. The molecule has 2 aliphatic rings. The Hall–Kier alpha value is -1.10. The van der Waals surface area contributed by atoms with E-state index in [-0.39, 0.29) is 0 Å². The predicted molar refractivity (Wildman–Crippen MR) is 77.4 cm³/mol. The van der Waals surface area contributed by atoms with Crippen LogP contribution in [0.15, 0.2) is 24.3 Å². The van der Waals surface area contributed by atoms with E-state index in [9.17, 15) is 0 Å². The summed E-state index contributed by atoms with van der Waals surface area (Å²) in [5.41, 5.74) is 2.62. The van der Waals surface area contributed by atoms with E-state index in [1.54, 1.807) is 0 Å². The number of ether oxygens (including phenoxy) is 1. The molecule has 1 aromatic rings. The first-order valence-electron chi connectivity index (χ1n) is 7.26. The number of nitrogens with zero attached hydrogens (tertiary/aromatic N) is 1. The van der Waals surface area contributed by atoms with Crippen molar-refractivity contribution in [2.24, 2.45) is 0 Å².